The van der Waals surface area contributed by atoms with Gasteiger partial charge in [0.25, 0.3) is 5.91 Å². The van der Waals surface area contributed by atoms with Crippen molar-refractivity contribution in [3.63, 3.8) is 0 Å². The van der Waals surface area contributed by atoms with Crippen LogP contribution in [0.1, 0.15) is 15.9 Å². The van der Waals surface area contributed by atoms with Gasteiger partial charge >= 0.3 is 0 Å². The predicted molar refractivity (Wildman–Crippen MR) is 76.5 cm³/mol. The van der Waals surface area contributed by atoms with Crippen molar-refractivity contribution in [1.82, 2.24) is 4.98 Å². The highest BCUT2D eigenvalue weighted by molar-refractivity contribution is 6.04. The van der Waals surface area contributed by atoms with Crippen LogP contribution >= 0.6 is 0 Å². The lowest BCUT2D eigenvalue weighted by Gasteiger charge is -2.10. The van der Waals surface area contributed by atoms with E-state index < -0.39 is 0 Å². The van der Waals surface area contributed by atoms with Crippen LogP contribution in [0.5, 0.6) is 11.5 Å². The van der Waals surface area contributed by atoms with E-state index in [-0.39, 0.29) is 5.91 Å². The van der Waals surface area contributed by atoms with E-state index in [4.69, 9.17) is 9.47 Å². The van der Waals surface area contributed by atoms with E-state index in [1.54, 1.807) is 31.5 Å². The Morgan fingerprint density at radius 1 is 1.15 bits per heavy atom. The molecular weight excluding hydrogens is 256 g/mol. The summed E-state index contributed by atoms with van der Waals surface area (Å²) < 4.78 is 10.3. The van der Waals surface area contributed by atoms with Crippen molar-refractivity contribution < 1.29 is 14.3 Å². The third-order valence-electron chi connectivity index (χ3n) is 2.89. The zero-order valence-electron chi connectivity index (χ0n) is 11.6. The maximum Gasteiger partial charge on any atom is 0.256 e. The molecule has 0 unspecified atom stereocenters. The Hall–Kier alpha value is -2.56. The molecule has 104 valence electrons. The number of benzene rings is 1. The fourth-order valence-electron chi connectivity index (χ4n) is 1.77. The van der Waals surface area contributed by atoms with Gasteiger partial charge in [-0.2, -0.15) is 0 Å². The first-order valence-electron chi connectivity index (χ1n) is 6.10. The first kappa shape index (κ1) is 13.9. The van der Waals surface area contributed by atoms with Crippen LogP contribution in [0.4, 0.5) is 5.82 Å². The van der Waals surface area contributed by atoms with Gasteiger partial charge in [0.15, 0.2) is 11.5 Å². The van der Waals surface area contributed by atoms with Crippen molar-refractivity contribution in [1.29, 1.82) is 0 Å². The minimum Gasteiger partial charge on any atom is -0.493 e. The number of rotatable bonds is 4. The van der Waals surface area contributed by atoms with Gasteiger partial charge < -0.3 is 14.8 Å². The maximum absolute atomic E-state index is 12.2. The number of hydrogen-bond donors (Lipinski definition) is 1. The van der Waals surface area contributed by atoms with Gasteiger partial charge in [0.05, 0.1) is 14.2 Å². The number of hydrogen-bond acceptors (Lipinski definition) is 4. The van der Waals surface area contributed by atoms with E-state index >= 15 is 0 Å². The van der Waals surface area contributed by atoms with Crippen molar-refractivity contribution in [3.8, 4) is 11.5 Å². The summed E-state index contributed by atoms with van der Waals surface area (Å²) in [6.45, 7) is 1.89. The second-order valence-corrected chi connectivity index (χ2v) is 4.19. The Morgan fingerprint density at radius 2 is 1.90 bits per heavy atom. The Labute approximate surface area is 117 Å². The van der Waals surface area contributed by atoms with Crippen LogP contribution in [0.2, 0.25) is 0 Å². The van der Waals surface area contributed by atoms with E-state index in [2.05, 4.69) is 10.3 Å². The molecular formula is C15H16N2O3. The number of aryl methyl sites for hydroxylation is 1. The lowest BCUT2D eigenvalue weighted by atomic mass is 10.2. The normalized spacial score (nSPS) is 9.95. The van der Waals surface area contributed by atoms with Gasteiger partial charge in [-0.1, -0.05) is 6.07 Å². The summed E-state index contributed by atoms with van der Waals surface area (Å²) in [5, 5.41) is 2.77. The lowest BCUT2D eigenvalue weighted by molar-refractivity contribution is 0.102. The molecule has 0 saturated heterocycles. The summed E-state index contributed by atoms with van der Waals surface area (Å²) in [7, 11) is 3.08. The van der Waals surface area contributed by atoms with Gasteiger partial charge in [-0.15, -0.1) is 0 Å². The number of pyridine rings is 1. The van der Waals surface area contributed by atoms with E-state index in [0.29, 0.717) is 22.9 Å². The molecule has 0 fully saturated rings. The molecule has 5 heteroatoms. The number of methoxy groups -OCH3 is 2. The Morgan fingerprint density at radius 3 is 2.55 bits per heavy atom. The minimum absolute atomic E-state index is 0.243. The van der Waals surface area contributed by atoms with Crippen LogP contribution in [0, 0.1) is 6.92 Å². The third kappa shape index (κ3) is 2.88. The van der Waals surface area contributed by atoms with Gasteiger partial charge in [0.2, 0.25) is 0 Å². The quantitative estimate of drug-likeness (QED) is 0.929. The molecule has 2 aromatic rings. The van der Waals surface area contributed by atoms with E-state index in [1.807, 2.05) is 19.1 Å². The van der Waals surface area contributed by atoms with Crippen molar-refractivity contribution in [2.75, 3.05) is 19.5 Å². The van der Waals surface area contributed by atoms with Crippen molar-refractivity contribution in [2.45, 2.75) is 6.92 Å². The molecule has 0 spiro atoms. The molecule has 1 aromatic carbocycles. The fourth-order valence-corrected chi connectivity index (χ4v) is 1.77. The SMILES string of the molecule is COc1ccc(C(=O)Nc2ncccc2C)cc1OC. The molecule has 20 heavy (non-hydrogen) atoms. The zero-order chi connectivity index (χ0) is 14.5. The van der Waals surface area contributed by atoms with Gasteiger partial charge in [-0.3, -0.25) is 4.79 Å². The van der Waals surface area contributed by atoms with Gasteiger partial charge in [-0.05, 0) is 36.8 Å². The van der Waals surface area contributed by atoms with E-state index in [1.165, 1.54) is 7.11 Å². The summed E-state index contributed by atoms with van der Waals surface area (Å²) >= 11 is 0. The largest absolute Gasteiger partial charge is 0.493 e. The molecule has 0 bridgehead atoms. The molecule has 0 atom stereocenters. The van der Waals surface area contributed by atoms with Crippen molar-refractivity contribution in [2.24, 2.45) is 0 Å². The first-order valence-corrected chi connectivity index (χ1v) is 6.10. The number of nitrogens with zero attached hydrogens (tertiary/aromatic N) is 1. The number of anilines is 1. The molecule has 1 N–H and O–H groups in total. The average molecular weight is 272 g/mol. The smallest absolute Gasteiger partial charge is 0.256 e. The number of aromatic nitrogens is 1. The predicted octanol–water partition coefficient (Wildman–Crippen LogP) is 2.66. The van der Waals surface area contributed by atoms with E-state index in [0.717, 1.165) is 5.56 Å². The molecule has 0 aliphatic rings. The number of carbonyl (C=O) groups is 1. The highest BCUT2D eigenvalue weighted by Crippen LogP contribution is 2.27. The van der Waals surface area contributed by atoms with Crippen LogP contribution in [0.3, 0.4) is 0 Å². The second-order valence-electron chi connectivity index (χ2n) is 4.19. The number of nitrogens with one attached hydrogen (secondary N) is 1. The highest BCUT2D eigenvalue weighted by Gasteiger charge is 2.12. The van der Waals surface area contributed by atoms with Crippen LogP contribution in [-0.2, 0) is 0 Å². The standard InChI is InChI=1S/C15H16N2O3/c1-10-5-4-8-16-14(10)17-15(18)11-6-7-12(19-2)13(9-11)20-3/h4-9H,1-3H3,(H,16,17,18). The number of amides is 1. The van der Waals surface area contributed by atoms with Crippen LogP contribution in [0.25, 0.3) is 0 Å². The van der Waals surface area contributed by atoms with Gasteiger partial charge in [0, 0.05) is 11.8 Å². The summed E-state index contributed by atoms with van der Waals surface area (Å²) in [6, 6.07) is 8.71. The van der Waals surface area contributed by atoms with Crippen molar-refractivity contribution in [3.05, 3.63) is 47.7 Å². The Balaban J connectivity index is 2.24. The molecule has 1 amide bonds. The second kappa shape index (κ2) is 6.06. The third-order valence-corrected chi connectivity index (χ3v) is 2.89. The highest BCUT2D eigenvalue weighted by atomic mass is 16.5. The number of ether oxygens (including phenoxy) is 2. The molecule has 2 rings (SSSR count). The fraction of sp³-hybridized carbons (Fsp3) is 0.200. The lowest BCUT2D eigenvalue weighted by Crippen LogP contribution is -2.14. The monoisotopic (exact) mass is 272 g/mol. The Kier molecular flexibility index (Phi) is 4.20. The summed E-state index contributed by atoms with van der Waals surface area (Å²) in [5.41, 5.74) is 1.38. The Bertz CT molecular complexity index is 626. The average Bonchev–Trinajstić information content (AvgIpc) is 2.48. The maximum atomic E-state index is 12.2. The number of carbonyl (C=O) groups excluding carboxylic acids is 1. The summed E-state index contributed by atoms with van der Waals surface area (Å²) in [4.78, 5) is 16.3. The summed E-state index contributed by atoms with van der Waals surface area (Å²) in [6.07, 6.45) is 1.64. The molecule has 1 heterocycles. The molecule has 0 saturated carbocycles. The molecule has 0 radical (unpaired) electrons. The van der Waals surface area contributed by atoms with E-state index in [9.17, 15) is 4.79 Å². The zero-order valence-corrected chi connectivity index (χ0v) is 11.6. The molecule has 5 nitrogen and oxygen atoms in total. The van der Waals surface area contributed by atoms with Gasteiger partial charge in [0.1, 0.15) is 5.82 Å². The minimum atomic E-state index is -0.243. The first-order chi connectivity index (χ1) is 9.65. The van der Waals surface area contributed by atoms with Crippen LogP contribution in [-0.4, -0.2) is 25.1 Å². The van der Waals surface area contributed by atoms with Gasteiger partial charge in [-0.25, -0.2) is 4.98 Å². The molecule has 0 aliphatic heterocycles. The summed E-state index contributed by atoms with van der Waals surface area (Å²) in [5.74, 6) is 1.40. The van der Waals surface area contributed by atoms with Crippen molar-refractivity contribution >= 4 is 11.7 Å². The molecule has 0 aliphatic carbocycles. The molecule has 1 aromatic heterocycles. The van der Waals surface area contributed by atoms with Crippen LogP contribution in [0.15, 0.2) is 36.5 Å². The van der Waals surface area contributed by atoms with Crippen LogP contribution < -0.4 is 14.8 Å². The topological polar surface area (TPSA) is 60.5 Å².